The molecule has 0 aliphatic heterocycles. The van der Waals surface area contributed by atoms with Crippen molar-refractivity contribution < 1.29 is 4.74 Å². The lowest BCUT2D eigenvalue weighted by atomic mass is 9.95. The van der Waals surface area contributed by atoms with Gasteiger partial charge in [0.15, 0.2) is 5.96 Å². The number of pyridine rings is 1. The van der Waals surface area contributed by atoms with Gasteiger partial charge in [-0.2, -0.15) is 11.8 Å². The summed E-state index contributed by atoms with van der Waals surface area (Å²) >= 11 is 1.99. The second-order valence-corrected chi connectivity index (χ2v) is 8.19. The number of nitrogens with one attached hydrogen (secondary N) is 2. The molecular weight excluding hydrogens is 332 g/mol. The number of aliphatic imine (C=N–C) groups is 1. The van der Waals surface area contributed by atoms with Crippen molar-refractivity contribution in [2.75, 3.05) is 19.9 Å². The minimum absolute atomic E-state index is 0.521. The van der Waals surface area contributed by atoms with E-state index < -0.39 is 0 Å². The van der Waals surface area contributed by atoms with Crippen LogP contribution in [0.5, 0.6) is 5.88 Å². The van der Waals surface area contributed by atoms with Crippen LogP contribution in [-0.4, -0.2) is 42.1 Å². The van der Waals surface area contributed by atoms with E-state index in [1.165, 1.54) is 38.5 Å². The van der Waals surface area contributed by atoms with Gasteiger partial charge in [0.05, 0.1) is 6.61 Å². The van der Waals surface area contributed by atoms with Gasteiger partial charge < -0.3 is 15.4 Å². The van der Waals surface area contributed by atoms with E-state index in [1.807, 2.05) is 37.1 Å². The van der Waals surface area contributed by atoms with Crippen LogP contribution in [0.3, 0.4) is 0 Å². The molecule has 6 heteroatoms. The summed E-state index contributed by atoms with van der Waals surface area (Å²) in [6.07, 6.45) is 11.7. The van der Waals surface area contributed by atoms with Gasteiger partial charge in [0.25, 0.3) is 0 Å². The normalized spacial score (nSPS) is 24.0. The summed E-state index contributed by atoms with van der Waals surface area (Å²) in [5, 5.41) is 7.77. The Morgan fingerprint density at radius 3 is 3.00 bits per heavy atom. The van der Waals surface area contributed by atoms with Crippen LogP contribution < -0.4 is 15.4 Å². The van der Waals surface area contributed by atoms with E-state index in [0.29, 0.717) is 6.04 Å². The van der Waals surface area contributed by atoms with Gasteiger partial charge in [-0.25, -0.2) is 4.98 Å². The zero-order valence-corrected chi connectivity index (χ0v) is 16.1. The summed E-state index contributed by atoms with van der Waals surface area (Å²) < 4.78 is 5.76. The molecule has 138 valence electrons. The van der Waals surface area contributed by atoms with E-state index in [-0.39, 0.29) is 0 Å². The number of aromatic nitrogens is 1. The molecule has 5 nitrogen and oxygen atoms in total. The average molecular weight is 363 g/mol. The van der Waals surface area contributed by atoms with Gasteiger partial charge in [0.2, 0.25) is 5.88 Å². The maximum atomic E-state index is 5.76. The monoisotopic (exact) mass is 362 g/mol. The Labute approximate surface area is 155 Å². The minimum atomic E-state index is 0.521. The fourth-order valence-corrected chi connectivity index (χ4v) is 4.02. The first-order chi connectivity index (χ1) is 12.3. The minimum Gasteiger partial charge on any atom is -0.477 e. The van der Waals surface area contributed by atoms with Crippen LogP contribution in [0.25, 0.3) is 0 Å². The Balaban J connectivity index is 1.46. The summed E-state index contributed by atoms with van der Waals surface area (Å²) in [4.78, 5) is 8.68. The van der Waals surface area contributed by atoms with Gasteiger partial charge in [0.1, 0.15) is 0 Å². The lowest BCUT2D eigenvalue weighted by molar-refractivity contribution is 0.288. The molecule has 2 saturated carbocycles. The highest BCUT2D eigenvalue weighted by Gasteiger charge is 2.23. The van der Waals surface area contributed by atoms with Crippen LogP contribution in [0, 0.1) is 5.92 Å². The lowest BCUT2D eigenvalue weighted by Crippen LogP contribution is -2.45. The van der Waals surface area contributed by atoms with Crippen molar-refractivity contribution in [3.05, 3.63) is 23.9 Å². The molecule has 2 unspecified atom stereocenters. The standard InChI is InChI=1S/C19H30N4OS/c1-20-19(23-16-4-3-5-17(11-16)25-2)22-12-15-8-9-21-18(10-15)24-13-14-6-7-14/h8-10,14,16-17H,3-7,11-13H2,1-2H3,(H2,20,22,23). The predicted molar refractivity (Wildman–Crippen MR) is 105 cm³/mol. The Hall–Kier alpha value is -1.43. The van der Waals surface area contributed by atoms with E-state index in [4.69, 9.17) is 4.74 Å². The molecule has 1 aromatic heterocycles. The van der Waals surface area contributed by atoms with Gasteiger partial charge in [0, 0.05) is 37.1 Å². The Morgan fingerprint density at radius 1 is 1.36 bits per heavy atom. The Bertz CT molecular complexity index is 576. The molecule has 0 aromatic carbocycles. The lowest BCUT2D eigenvalue weighted by Gasteiger charge is -2.29. The van der Waals surface area contributed by atoms with E-state index in [0.717, 1.165) is 41.7 Å². The molecule has 0 spiro atoms. The molecule has 1 heterocycles. The van der Waals surface area contributed by atoms with Crippen molar-refractivity contribution in [1.82, 2.24) is 15.6 Å². The molecule has 0 saturated heterocycles. The third-order valence-corrected chi connectivity index (χ3v) is 6.04. The van der Waals surface area contributed by atoms with Crippen LogP contribution in [0.1, 0.15) is 44.1 Å². The summed E-state index contributed by atoms with van der Waals surface area (Å²) in [7, 11) is 1.83. The first-order valence-corrected chi connectivity index (χ1v) is 10.6. The number of thioether (sulfide) groups is 1. The topological polar surface area (TPSA) is 58.5 Å². The molecule has 3 rings (SSSR count). The number of nitrogens with zero attached hydrogens (tertiary/aromatic N) is 2. The zero-order valence-electron chi connectivity index (χ0n) is 15.3. The van der Waals surface area contributed by atoms with Crippen molar-refractivity contribution in [2.45, 2.75) is 56.4 Å². The van der Waals surface area contributed by atoms with Gasteiger partial charge >= 0.3 is 0 Å². The highest BCUT2D eigenvalue weighted by atomic mass is 32.2. The second kappa shape index (κ2) is 9.32. The van der Waals surface area contributed by atoms with Crippen molar-refractivity contribution in [3.63, 3.8) is 0 Å². The molecule has 2 atom stereocenters. The fraction of sp³-hybridized carbons (Fsp3) is 0.684. The third-order valence-electron chi connectivity index (χ3n) is 4.95. The smallest absolute Gasteiger partial charge is 0.213 e. The van der Waals surface area contributed by atoms with Crippen LogP contribution in [0.2, 0.25) is 0 Å². The Kier molecular flexibility index (Phi) is 6.84. The van der Waals surface area contributed by atoms with E-state index in [9.17, 15) is 0 Å². The van der Waals surface area contributed by atoms with Crippen LogP contribution >= 0.6 is 11.8 Å². The van der Waals surface area contributed by atoms with Crippen LogP contribution in [0.4, 0.5) is 0 Å². The maximum absolute atomic E-state index is 5.76. The first kappa shape index (κ1) is 18.4. The number of ether oxygens (including phenoxy) is 1. The van der Waals surface area contributed by atoms with Gasteiger partial charge in [-0.15, -0.1) is 0 Å². The number of hydrogen-bond acceptors (Lipinski definition) is 4. The SMILES string of the molecule is CN=C(NCc1ccnc(OCC2CC2)c1)NC1CCCC(SC)C1. The molecule has 2 aliphatic rings. The average Bonchev–Trinajstić information content (AvgIpc) is 3.48. The largest absolute Gasteiger partial charge is 0.477 e. The van der Waals surface area contributed by atoms with Crippen LogP contribution in [-0.2, 0) is 6.54 Å². The van der Waals surface area contributed by atoms with E-state index in [1.54, 1.807) is 0 Å². The van der Waals surface area contributed by atoms with Crippen molar-refractivity contribution in [2.24, 2.45) is 10.9 Å². The molecule has 0 amide bonds. The summed E-state index contributed by atoms with van der Waals surface area (Å²) in [6.45, 7) is 1.52. The molecule has 1 aromatic rings. The predicted octanol–water partition coefficient (Wildman–Crippen LogP) is 3.21. The summed E-state index contributed by atoms with van der Waals surface area (Å²) in [6, 6.07) is 4.56. The van der Waals surface area contributed by atoms with E-state index in [2.05, 4.69) is 26.9 Å². The number of hydrogen-bond donors (Lipinski definition) is 2. The number of rotatable bonds is 7. The first-order valence-electron chi connectivity index (χ1n) is 9.34. The quantitative estimate of drug-likeness (QED) is 0.576. The molecule has 0 radical (unpaired) electrons. The van der Waals surface area contributed by atoms with Crippen LogP contribution in [0.15, 0.2) is 23.3 Å². The third kappa shape index (κ3) is 6.10. The number of guanidine groups is 1. The maximum Gasteiger partial charge on any atom is 0.213 e. The summed E-state index contributed by atoms with van der Waals surface area (Å²) in [5.74, 6) is 2.35. The molecule has 25 heavy (non-hydrogen) atoms. The molecular formula is C19H30N4OS. The zero-order chi connectivity index (χ0) is 17.5. The Morgan fingerprint density at radius 2 is 2.24 bits per heavy atom. The summed E-state index contributed by atoms with van der Waals surface area (Å²) in [5.41, 5.74) is 1.16. The van der Waals surface area contributed by atoms with Gasteiger partial charge in [-0.3, -0.25) is 4.99 Å². The molecule has 2 aliphatic carbocycles. The molecule has 2 fully saturated rings. The van der Waals surface area contributed by atoms with Gasteiger partial charge in [-0.05, 0) is 55.9 Å². The van der Waals surface area contributed by atoms with Crippen molar-refractivity contribution in [1.29, 1.82) is 0 Å². The molecule has 2 N–H and O–H groups in total. The van der Waals surface area contributed by atoms with Crippen molar-refractivity contribution >= 4 is 17.7 Å². The van der Waals surface area contributed by atoms with Gasteiger partial charge in [-0.1, -0.05) is 6.42 Å². The second-order valence-electron chi connectivity index (χ2n) is 7.05. The molecule has 0 bridgehead atoms. The van der Waals surface area contributed by atoms with Crippen molar-refractivity contribution in [3.8, 4) is 5.88 Å². The highest BCUT2D eigenvalue weighted by Crippen LogP contribution is 2.29. The highest BCUT2D eigenvalue weighted by molar-refractivity contribution is 7.99. The fourth-order valence-electron chi connectivity index (χ4n) is 3.19. The van der Waals surface area contributed by atoms with E-state index >= 15 is 0 Å².